The van der Waals surface area contributed by atoms with Crippen LogP contribution in [0.15, 0.2) is 6.07 Å². The lowest BCUT2D eigenvalue weighted by molar-refractivity contribution is 0.490. The van der Waals surface area contributed by atoms with Crippen LogP contribution in [0.1, 0.15) is 51.2 Å². The van der Waals surface area contributed by atoms with Gasteiger partial charge in [-0.2, -0.15) is 5.10 Å². The first kappa shape index (κ1) is 10.3. The van der Waals surface area contributed by atoms with E-state index < -0.39 is 0 Å². The molecule has 1 aromatic rings. The van der Waals surface area contributed by atoms with E-state index in [2.05, 4.69) is 31.9 Å². The molecule has 1 unspecified atom stereocenters. The molecule has 1 aromatic heterocycles. The van der Waals surface area contributed by atoms with E-state index in [9.17, 15) is 0 Å². The third kappa shape index (κ3) is 2.10. The molecule has 0 aliphatic heterocycles. The second-order valence-electron chi connectivity index (χ2n) is 3.74. The van der Waals surface area contributed by atoms with Crippen molar-refractivity contribution in [1.82, 2.24) is 9.78 Å². The van der Waals surface area contributed by atoms with Gasteiger partial charge in [-0.15, -0.1) is 0 Å². The zero-order valence-corrected chi connectivity index (χ0v) is 8.91. The van der Waals surface area contributed by atoms with Gasteiger partial charge in [0.1, 0.15) is 0 Å². The van der Waals surface area contributed by atoms with E-state index >= 15 is 0 Å². The summed E-state index contributed by atoms with van der Waals surface area (Å²) in [6.07, 6.45) is 0.972. The van der Waals surface area contributed by atoms with Crippen LogP contribution in [0.5, 0.6) is 0 Å². The molecule has 0 fully saturated rings. The molecule has 0 aromatic carbocycles. The van der Waals surface area contributed by atoms with E-state index in [0.29, 0.717) is 6.04 Å². The highest BCUT2D eigenvalue weighted by atomic mass is 15.3. The molecule has 0 spiro atoms. The standard InChI is InChI=1S/C10H19N3/c1-5-9-6-10(8(4)11)13(12-9)7(2)3/h6-8H,5,11H2,1-4H3. The SMILES string of the molecule is CCc1cc(C(C)N)n(C(C)C)n1. The van der Waals surface area contributed by atoms with Gasteiger partial charge in [0.05, 0.1) is 11.4 Å². The van der Waals surface area contributed by atoms with Crippen LogP contribution >= 0.6 is 0 Å². The Morgan fingerprint density at radius 3 is 2.38 bits per heavy atom. The number of hydrogen-bond donors (Lipinski definition) is 1. The summed E-state index contributed by atoms with van der Waals surface area (Å²) in [7, 11) is 0. The average Bonchev–Trinajstić information content (AvgIpc) is 2.47. The van der Waals surface area contributed by atoms with Crippen molar-refractivity contribution in [2.45, 2.75) is 46.2 Å². The van der Waals surface area contributed by atoms with Crippen molar-refractivity contribution in [1.29, 1.82) is 0 Å². The van der Waals surface area contributed by atoms with Crippen molar-refractivity contribution >= 4 is 0 Å². The summed E-state index contributed by atoms with van der Waals surface area (Å²) in [6.45, 7) is 8.35. The van der Waals surface area contributed by atoms with Crippen molar-refractivity contribution in [3.63, 3.8) is 0 Å². The lowest BCUT2D eigenvalue weighted by atomic mass is 10.2. The van der Waals surface area contributed by atoms with Crippen LogP contribution in [-0.4, -0.2) is 9.78 Å². The zero-order chi connectivity index (χ0) is 10.0. The molecule has 0 aliphatic rings. The summed E-state index contributed by atoms with van der Waals surface area (Å²) in [6, 6.07) is 2.56. The monoisotopic (exact) mass is 181 g/mol. The van der Waals surface area contributed by atoms with Gasteiger partial charge in [-0.25, -0.2) is 0 Å². The second-order valence-corrected chi connectivity index (χ2v) is 3.74. The Morgan fingerprint density at radius 2 is 2.08 bits per heavy atom. The molecule has 0 saturated heterocycles. The summed E-state index contributed by atoms with van der Waals surface area (Å²) in [5.74, 6) is 0. The van der Waals surface area contributed by atoms with E-state index in [4.69, 9.17) is 5.73 Å². The fourth-order valence-electron chi connectivity index (χ4n) is 1.39. The highest BCUT2D eigenvalue weighted by Crippen LogP contribution is 2.16. The lowest BCUT2D eigenvalue weighted by Gasteiger charge is -2.12. The number of nitrogens with two attached hydrogens (primary N) is 1. The van der Waals surface area contributed by atoms with E-state index in [0.717, 1.165) is 17.8 Å². The molecule has 3 nitrogen and oxygen atoms in total. The van der Waals surface area contributed by atoms with Crippen LogP contribution in [0.2, 0.25) is 0 Å². The molecule has 13 heavy (non-hydrogen) atoms. The maximum absolute atomic E-state index is 5.86. The minimum atomic E-state index is 0.0650. The molecule has 0 bridgehead atoms. The smallest absolute Gasteiger partial charge is 0.0625 e. The van der Waals surface area contributed by atoms with E-state index in [1.165, 1.54) is 0 Å². The van der Waals surface area contributed by atoms with Gasteiger partial charge in [-0.3, -0.25) is 4.68 Å². The number of rotatable bonds is 3. The molecule has 74 valence electrons. The molecule has 0 amide bonds. The van der Waals surface area contributed by atoms with Crippen molar-refractivity contribution in [3.05, 3.63) is 17.5 Å². The number of nitrogens with zero attached hydrogens (tertiary/aromatic N) is 2. The lowest BCUT2D eigenvalue weighted by Crippen LogP contribution is -2.14. The largest absolute Gasteiger partial charge is 0.323 e. The minimum absolute atomic E-state index is 0.0650. The third-order valence-corrected chi connectivity index (χ3v) is 2.13. The fraction of sp³-hybridized carbons (Fsp3) is 0.700. The Kier molecular flexibility index (Phi) is 3.09. The first-order valence-electron chi connectivity index (χ1n) is 4.90. The Labute approximate surface area is 79.9 Å². The van der Waals surface area contributed by atoms with Gasteiger partial charge in [-0.1, -0.05) is 6.92 Å². The predicted molar refractivity (Wildman–Crippen MR) is 54.6 cm³/mol. The molecular weight excluding hydrogens is 162 g/mol. The molecule has 0 saturated carbocycles. The minimum Gasteiger partial charge on any atom is -0.323 e. The topological polar surface area (TPSA) is 43.8 Å². The first-order chi connectivity index (χ1) is 6.06. The van der Waals surface area contributed by atoms with Gasteiger partial charge in [0, 0.05) is 12.1 Å². The van der Waals surface area contributed by atoms with Crippen LogP contribution in [-0.2, 0) is 6.42 Å². The first-order valence-corrected chi connectivity index (χ1v) is 4.90. The Morgan fingerprint density at radius 1 is 1.46 bits per heavy atom. The summed E-state index contributed by atoms with van der Waals surface area (Å²) in [5, 5.41) is 4.49. The van der Waals surface area contributed by atoms with Crippen molar-refractivity contribution in [2.24, 2.45) is 5.73 Å². The van der Waals surface area contributed by atoms with E-state index in [-0.39, 0.29) is 6.04 Å². The highest BCUT2D eigenvalue weighted by Gasteiger charge is 2.12. The van der Waals surface area contributed by atoms with Gasteiger partial charge in [0.2, 0.25) is 0 Å². The normalized spacial score (nSPS) is 13.7. The van der Waals surface area contributed by atoms with Crippen LogP contribution in [0, 0.1) is 0 Å². The molecule has 3 heteroatoms. The number of hydrogen-bond acceptors (Lipinski definition) is 2. The summed E-state index contributed by atoms with van der Waals surface area (Å²) >= 11 is 0. The molecule has 2 N–H and O–H groups in total. The molecule has 1 rings (SSSR count). The quantitative estimate of drug-likeness (QED) is 0.775. The number of aromatic nitrogens is 2. The molecule has 1 atom stereocenters. The van der Waals surface area contributed by atoms with Gasteiger partial charge in [0.15, 0.2) is 0 Å². The molecular formula is C10H19N3. The zero-order valence-electron chi connectivity index (χ0n) is 8.91. The van der Waals surface area contributed by atoms with Gasteiger partial charge in [-0.05, 0) is 33.3 Å². The summed E-state index contributed by atoms with van der Waals surface area (Å²) < 4.78 is 2.02. The van der Waals surface area contributed by atoms with Gasteiger partial charge >= 0.3 is 0 Å². The molecule has 0 aliphatic carbocycles. The summed E-state index contributed by atoms with van der Waals surface area (Å²) in [5.41, 5.74) is 8.12. The molecule has 0 radical (unpaired) electrons. The van der Waals surface area contributed by atoms with Crippen molar-refractivity contribution < 1.29 is 0 Å². The van der Waals surface area contributed by atoms with Crippen LogP contribution in [0.3, 0.4) is 0 Å². The van der Waals surface area contributed by atoms with Crippen LogP contribution in [0.4, 0.5) is 0 Å². The van der Waals surface area contributed by atoms with Crippen LogP contribution in [0.25, 0.3) is 0 Å². The maximum Gasteiger partial charge on any atom is 0.0625 e. The van der Waals surface area contributed by atoms with Crippen molar-refractivity contribution in [3.8, 4) is 0 Å². The molecule has 1 heterocycles. The van der Waals surface area contributed by atoms with E-state index in [1.807, 2.05) is 11.6 Å². The fourth-order valence-corrected chi connectivity index (χ4v) is 1.39. The summed E-state index contributed by atoms with van der Waals surface area (Å²) in [4.78, 5) is 0. The Bertz CT molecular complexity index is 248. The van der Waals surface area contributed by atoms with Gasteiger partial charge < -0.3 is 5.73 Å². The third-order valence-electron chi connectivity index (χ3n) is 2.13. The predicted octanol–water partition coefficient (Wildman–Crippen LogP) is 2.05. The Hall–Kier alpha value is -0.830. The second kappa shape index (κ2) is 3.92. The van der Waals surface area contributed by atoms with Crippen molar-refractivity contribution in [2.75, 3.05) is 0 Å². The highest BCUT2D eigenvalue weighted by molar-refractivity contribution is 5.14. The van der Waals surface area contributed by atoms with Gasteiger partial charge in [0.25, 0.3) is 0 Å². The van der Waals surface area contributed by atoms with E-state index in [1.54, 1.807) is 0 Å². The Balaban J connectivity index is 3.08. The number of aryl methyl sites for hydroxylation is 1. The average molecular weight is 181 g/mol. The van der Waals surface area contributed by atoms with Crippen LogP contribution < -0.4 is 5.73 Å². The maximum atomic E-state index is 5.86.